The molecular weight excluding hydrogens is 314 g/mol. The first-order chi connectivity index (χ1) is 9.78. The normalized spacial score (nSPS) is 10.9. The molecule has 9 heteroatoms. The lowest BCUT2D eigenvalue weighted by Gasteiger charge is -2.08. The number of nitrogens with one attached hydrogen (secondary N) is 2. The van der Waals surface area contributed by atoms with Gasteiger partial charge in [-0.05, 0) is 24.3 Å². The van der Waals surface area contributed by atoms with E-state index < -0.39 is 10.0 Å². The second kappa shape index (κ2) is 7.91. The van der Waals surface area contributed by atoms with Crippen molar-refractivity contribution < 1.29 is 17.9 Å². The smallest absolute Gasteiger partial charge is 0.257 e. The summed E-state index contributed by atoms with van der Waals surface area (Å²) in [6.45, 7) is 0.161. The fourth-order valence-electron chi connectivity index (χ4n) is 1.35. The summed E-state index contributed by atoms with van der Waals surface area (Å²) in [4.78, 5) is 11.8. The fourth-order valence-corrected chi connectivity index (χ4v) is 1.96. The van der Waals surface area contributed by atoms with Crippen molar-refractivity contribution in [2.24, 2.45) is 5.73 Å². The van der Waals surface area contributed by atoms with Crippen LogP contribution in [0.5, 0.6) is 5.75 Å². The van der Waals surface area contributed by atoms with E-state index in [0.29, 0.717) is 11.3 Å². The zero-order valence-corrected chi connectivity index (χ0v) is 13.1. The predicted molar refractivity (Wildman–Crippen MR) is 83.7 cm³/mol. The van der Waals surface area contributed by atoms with E-state index in [9.17, 15) is 13.2 Å². The van der Waals surface area contributed by atoms with Crippen LogP contribution < -0.4 is 20.5 Å². The van der Waals surface area contributed by atoms with Crippen LogP contribution in [0.3, 0.4) is 0 Å². The van der Waals surface area contributed by atoms with Crippen LogP contribution in [-0.2, 0) is 14.8 Å². The van der Waals surface area contributed by atoms with Gasteiger partial charge in [-0.2, -0.15) is 0 Å². The maximum Gasteiger partial charge on any atom is 0.257 e. The van der Waals surface area contributed by atoms with Gasteiger partial charge in [0.1, 0.15) is 10.7 Å². The van der Waals surface area contributed by atoms with Gasteiger partial charge in [0, 0.05) is 18.7 Å². The minimum absolute atomic E-state index is 0.132. The molecule has 0 atom stereocenters. The van der Waals surface area contributed by atoms with Crippen molar-refractivity contribution in [1.29, 1.82) is 0 Å². The van der Waals surface area contributed by atoms with Crippen molar-refractivity contribution in [2.75, 3.05) is 26.0 Å². The zero-order chi connectivity index (χ0) is 15.9. The molecule has 4 N–H and O–H groups in total. The standard InChI is InChI=1S/C12H17N3O4S2/c1-21(17,18)15-7-6-14-11(16)8-19-10-4-2-9(3-5-10)12(13)20/h2-5,15H,6-8H2,1H3,(H2,13,20)(H,14,16). The molecule has 7 nitrogen and oxygen atoms in total. The van der Waals surface area contributed by atoms with E-state index in [0.717, 1.165) is 6.26 Å². The maximum atomic E-state index is 11.5. The molecule has 1 rings (SSSR count). The lowest BCUT2D eigenvalue weighted by molar-refractivity contribution is -0.123. The molecule has 116 valence electrons. The first kappa shape index (κ1) is 17.3. The van der Waals surface area contributed by atoms with Crippen molar-refractivity contribution in [3.8, 4) is 5.75 Å². The van der Waals surface area contributed by atoms with Crippen LogP contribution in [0.1, 0.15) is 5.56 Å². The second-order valence-corrected chi connectivity index (χ2v) is 6.47. The van der Waals surface area contributed by atoms with Crippen LogP contribution in [0.4, 0.5) is 0 Å². The zero-order valence-electron chi connectivity index (χ0n) is 11.5. The van der Waals surface area contributed by atoms with Gasteiger partial charge in [-0.15, -0.1) is 0 Å². The molecule has 21 heavy (non-hydrogen) atoms. The van der Waals surface area contributed by atoms with Gasteiger partial charge in [0.15, 0.2) is 6.61 Å². The van der Waals surface area contributed by atoms with E-state index >= 15 is 0 Å². The molecule has 1 amide bonds. The monoisotopic (exact) mass is 331 g/mol. The van der Waals surface area contributed by atoms with Gasteiger partial charge in [-0.1, -0.05) is 12.2 Å². The Balaban J connectivity index is 2.28. The van der Waals surface area contributed by atoms with Gasteiger partial charge >= 0.3 is 0 Å². The van der Waals surface area contributed by atoms with Crippen molar-refractivity contribution in [3.05, 3.63) is 29.8 Å². The summed E-state index contributed by atoms with van der Waals surface area (Å²) in [5.41, 5.74) is 6.18. The summed E-state index contributed by atoms with van der Waals surface area (Å²) in [7, 11) is -3.24. The molecule has 0 aliphatic rings. The highest BCUT2D eigenvalue weighted by molar-refractivity contribution is 7.88. The van der Waals surface area contributed by atoms with E-state index in [1.165, 1.54) is 0 Å². The first-order valence-electron chi connectivity index (χ1n) is 6.02. The van der Waals surface area contributed by atoms with Crippen molar-refractivity contribution >= 4 is 33.1 Å². The fraction of sp³-hybridized carbons (Fsp3) is 0.333. The first-order valence-corrected chi connectivity index (χ1v) is 8.32. The molecule has 0 aliphatic heterocycles. The molecular formula is C12H17N3O4S2. The molecule has 1 aromatic rings. The number of amides is 1. The third-order valence-electron chi connectivity index (χ3n) is 2.32. The van der Waals surface area contributed by atoms with E-state index in [1.54, 1.807) is 24.3 Å². The Labute approximate surface area is 128 Å². The minimum atomic E-state index is -3.24. The van der Waals surface area contributed by atoms with E-state index in [1.807, 2.05) is 0 Å². The number of hydrogen-bond acceptors (Lipinski definition) is 5. The van der Waals surface area contributed by atoms with Crippen LogP contribution in [0, 0.1) is 0 Å². The number of rotatable bonds is 8. The topological polar surface area (TPSA) is 111 Å². The number of benzene rings is 1. The van der Waals surface area contributed by atoms with Crippen LogP contribution >= 0.6 is 12.2 Å². The molecule has 0 saturated carbocycles. The quantitative estimate of drug-likeness (QED) is 0.432. The molecule has 0 saturated heterocycles. The number of ether oxygens (including phenoxy) is 1. The van der Waals surface area contributed by atoms with Crippen LogP contribution in [0.15, 0.2) is 24.3 Å². The summed E-state index contributed by atoms with van der Waals surface area (Å²) < 4.78 is 29.1. The van der Waals surface area contributed by atoms with E-state index in [-0.39, 0.29) is 30.6 Å². The third-order valence-corrected chi connectivity index (χ3v) is 3.28. The van der Waals surface area contributed by atoms with Gasteiger partial charge in [-0.25, -0.2) is 13.1 Å². The number of thiocarbonyl (C=S) groups is 1. The Kier molecular flexibility index (Phi) is 6.53. The average Bonchev–Trinajstić information content (AvgIpc) is 2.41. The number of sulfonamides is 1. The van der Waals surface area contributed by atoms with Gasteiger partial charge in [0.05, 0.1) is 6.26 Å². The lowest BCUT2D eigenvalue weighted by Crippen LogP contribution is -2.36. The van der Waals surface area contributed by atoms with E-state index in [4.69, 9.17) is 22.7 Å². The number of carbonyl (C=O) groups excluding carboxylic acids is 1. The Morgan fingerprint density at radius 1 is 1.29 bits per heavy atom. The Bertz CT molecular complexity index is 599. The van der Waals surface area contributed by atoms with Crippen LogP contribution in [0.2, 0.25) is 0 Å². The molecule has 0 spiro atoms. The highest BCUT2D eigenvalue weighted by Gasteiger charge is 2.04. The maximum absolute atomic E-state index is 11.5. The Morgan fingerprint density at radius 3 is 2.43 bits per heavy atom. The number of nitrogens with two attached hydrogens (primary N) is 1. The number of carbonyl (C=O) groups is 1. The van der Waals surface area contributed by atoms with Gasteiger partial charge in [0.25, 0.3) is 5.91 Å². The third kappa shape index (κ3) is 7.59. The molecule has 1 aromatic carbocycles. The van der Waals surface area contributed by atoms with Crippen molar-refractivity contribution in [1.82, 2.24) is 10.0 Å². The molecule has 0 heterocycles. The SMILES string of the molecule is CS(=O)(=O)NCCNC(=O)COc1ccc(C(N)=S)cc1. The van der Waals surface area contributed by atoms with Gasteiger partial charge in [-0.3, -0.25) is 4.79 Å². The van der Waals surface area contributed by atoms with E-state index in [2.05, 4.69) is 10.0 Å². The largest absolute Gasteiger partial charge is 0.484 e. The van der Waals surface area contributed by atoms with Crippen LogP contribution in [0.25, 0.3) is 0 Å². The summed E-state index contributed by atoms with van der Waals surface area (Å²) in [5, 5.41) is 2.52. The van der Waals surface area contributed by atoms with Gasteiger partial charge in [0.2, 0.25) is 10.0 Å². The predicted octanol–water partition coefficient (Wildman–Crippen LogP) is -0.635. The molecule has 0 bridgehead atoms. The molecule has 0 fully saturated rings. The molecule has 0 aliphatic carbocycles. The summed E-state index contributed by atoms with van der Waals surface area (Å²) in [6.07, 6.45) is 1.05. The Hall–Kier alpha value is -1.71. The highest BCUT2D eigenvalue weighted by atomic mass is 32.2. The molecule has 0 aromatic heterocycles. The van der Waals surface area contributed by atoms with Crippen molar-refractivity contribution in [3.63, 3.8) is 0 Å². The van der Waals surface area contributed by atoms with Gasteiger partial charge < -0.3 is 15.8 Å². The van der Waals surface area contributed by atoms with Crippen molar-refractivity contribution in [2.45, 2.75) is 0 Å². The average molecular weight is 331 g/mol. The molecule has 0 radical (unpaired) electrons. The number of hydrogen-bond donors (Lipinski definition) is 3. The summed E-state index contributed by atoms with van der Waals surface area (Å²) in [6, 6.07) is 6.72. The summed E-state index contributed by atoms with van der Waals surface area (Å²) >= 11 is 4.82. The lowest BCUT2D eigenvalue weighted by atomic mass is 10.2. The highest BCUT2D eigenvalue weighted by Crippen LogP contribution is 2.11. The van der Waals surface area contributed by atoms with Crippen LogP contribution in [-0.4, -0.2) is 45.3 Å². The second-order valence-electron chi connectivity index (χ2n) is 4.19. The minimum Gasteiger partial charge on any atom is -0.484 e. The Morgan fingerprint density at radius 2 is 1.90 bits per heavy atom. The molecule has 0 unspecified atom stereocenters. The summed E-state index contributed by atoms with van der Waals surface area (Å²) in [5.74, 6) is 0.170.